The van der Waals surface area contributed by atoms with Gasteiger partial charge in [0.15, 0.2) is 0 Å². The maximum Gasteiger partial charge on any atom is 0.0946 e. The quantitative estimate of drug-likeness (QED) is 0.501. The van der Waals surface area contributed by atoms with Crippen LogP contribution in [0, 0.1) is 17.2 Å². The van der Waals surface area contributed by atoms with E-state index >= 15 is 0 Å². The molecule has 0 saturated carbocycles. The van der Waals surface area contributed by atoms with E-state index in [1.807, 2.05) is 0 Å². The van der Waals surface area contributed by atoms with E-state index in [1.54, 1.807) is 0 Å². The molecule has 0 saturated heterocycles. The van der Waals surface area contributed by atoms with Crippen molar-refractivity contribution in [3.8, 4) is 6.07 Å². The lowest BCUT2D eigenvalue weighted by atomic mass is 9.85. The highest BCUT2D eigenvalue weighted by molar-refractivity contribution is 5.29. The standard InChI is InChI=1S/C9H13N/c1-7-4-3-5-9(6-10)8(7)2/h7H,3-5H2,1-2H3. The maximum absolute atomic E-state index is 8.67. The molecule has 1 aliphatic carbocycles. The smallest absolute Gasteiger partial charge is 0.0946 e. The Morgan fingerprint density at radius 1 is 1.60 bits per heavy atom. The molecule has 1 nitrogen and oxygen atoms in total. The van der Waals surface area contributed by atoms with Crippen molar-refractivity contribution in [2.75, 3.05) is 0 Å². The van der Waals surface area contributed by atoms with Gasteiger partial charge in [-0.3, -0.25) is 0 Å². The van der Waals surface area contributed by atoms with Crippen LogP contribution >= 0.6 is 0 Å². The highest BCUT2D eigenvalue weighted by Gasteiger charge is 2.14. The molecular weight excluding hydrogens is 122 g/mol. The van der Waals surface area contributed by atoms with Crippen molar-refractivity contribution in [2.45, 2.75) is 33.1 Å². The third-order valence-corrected chi connectivity index (χ3v) is 2.41. The van der Waals surface area contributed by atoms with E-state index < -0.39 is 0 Å². The molecule has 0 bridgehead atoms. The van der Waals surface area contributed by atoms with Crippen LogP contribution in [0.3, 0.4) is 0 Å². The lowest BCUT2D eigenvalue weighted by Gasteiger charge is -2.19. The second kappa shape index (κ2) is 2.88. The Morgan fingerprint density at radius 3 is 2.80 bits per heavy atom. The molecule has 0 amide bonds. The first kappa shape index (κ1) is 7.34. The van der Waals surface area contributed by atoms with Crippen LogP contribution in [0.2, 0.25) is 0 Å². The van der Waals surface area contributed by atoms with Crippen molar-refractivity contribution in [1.82, 2.24) is 0 Å². The summed E-state index contributed by atoms with van der Waals surface area (Å²) in [7, 11) is 0. The average Bonchev–Trinajstić information content (AvgIpc) is 1.95. The molecule has 0 aliphatic heterocycles. The van der Waals surface area contributed by atoms with Gasteiger partial charge in [0.25, 0.3) is 0 Å². The molecule has 1 rings (SSSR count). The predicted molar refractivity (Wildman–Crippen MR) is 41.3 cm³/mol. The van der Waals surface area contributed by atoms with Crippen molar-refractivity contribution in [3.05, 3.63) is 11.1 Å². The van der Waals surface area contributed by atoms with Crippen LogP contribution in [0.15, 0.2) is 11.1 Å². The summed E-state index contributed by atoms with van der Waals surface area (Å²) in [6, 6.07) is 2.26. The van der Waals surface area contributed by atoms with Crippen LogP contribution in [0.1, 0.15) is 33.1 Å². The number of nitrogens with zero attached hydrogens (tertiary/aromatic N) is 1. The van der Waals surface area contributed by atoms with Gasteiger partial charge >= 0.3 is 0 Å². The zero-order valence-corrected chi connectivity index (χ0v) is 6.65. The first-order valence-electron chi connectivity index (χ1n) is 3.85. The SMILES string of the molecule is CC1=C(C#N)CCCC1C. The molecule has 54 valence electrons. The fourth-order valence-corrected chi connectivity index (χ4v) is 1.44. The third-order valence-electron chi connectivity index (χ3n) is 2.41. The summed E-state index contributed by atoms with van der Waals surface area (Å²) < 4.78 is 0. The van der Waals surface area contributed by atoms with Gasteiger partial charge in [0.2, 0.25) is 0 Å². The van der Waals surface area contributed by atoms with Gasteiger partial charge in [0.05, 0.1) is 6.07 Å². The van der Waals surface area contributed by atoms with Crippen molar-refractivity contribution in [2.24, 2.45) is 5.92 Å². The number of hydrogen-bond acceptors (Lipinski definition) is 1. The third kappa shape index (κ3) is 1.21. The van der Waals surface area contributed by atoms with Crippen LogP contribution in [0.4, 0.5) is 0 Å². The van der Waals surface area contributed by atoms with Gasteiger partial charge in [0, 0.05) is 5.57 Å². The molecule has 0 N–H and O–H groups in total. The highest BCUT2D eigenvalue weighted by atomic mass is 14.3. The van der Waals surface area contributed by atoms with Crippen LogP contribution in [0.5, 0.6) is 0 Å². The summed E-state index contributed by atoms with van der Waals surface area (Å²) in [5.74, 6) is 0.642. The zero-order valence-electron chi connectivity index (χ0n) is 6.65. The fraction of sp³-hybridized carbons (Fsp3) is 0.667. The average molecular weight is 135 g/mol. The summed E-state index contributed by atoms with van der Waals surface area (Å²) in [5.41, 5.74) is 2.34. The van der Waals surface area contributed by atoms with Crippen LogP contribution in [-0.4, -0.2) is 0 Å². The van der Waals surface area contributed by atoms with Crippen LogP contribution in [-0.2, 0) is 0 Å². The maximum atomic E-state index is 8.67. The lowest BCUT2D eigenvalue weighted by Crippen LogP contribution is -2.05. The number of hydrogen-bond donors (Lipinski definition) is 0. The summed E-state index contributed by atoms with van der Waals surface area (Å²) in [5, 5.41) is 8.67. The van der Waals surface area contributed by atoms with Gasteiger partial charge in [-0.1, -0.05) is 12.5 Å². The molecule has 0 heterocycles. The minimum Gasteiger partial charge on any atom is -0.193 e. The van der Waals surface area contributed by atoms with Gasteiger partial charge in [-0.05, 0) is 32.1 Å². The van der Waals surface area contributed by atoms with Gasteiger partial charge in [-0.2, -0.15) is 5.26 Å². The molecule has 0 fully saturated rings. The summed E-state index contributed by atoms with van der Waals surface area (Å²) in [6.45, 7) is 4.29. The highest BCUT2D eigenvalue weighted by Crippen LogP contribution is 2.28. The Labute approximate surface area is 62.4 Å². The molecule has 1 aliphatic rings. The first-order valence-corrected chi connectivity index (χ1v) is 3.85. The molecule has 0 aromatic carbocycles. The largest absolute Gasteiger partial charge is 0.193 e. The topological polar surface area (TPSA) is 23.8 Å². The molecule has 1 heteroatoms. The van der Waals surface area contributed by atoms with Crippen molar-refractivity contribution >= 4 is 0 Å². The van der Waals surface area contributed by atoms with E-state index in [9.17, 15) is 0 Å². The number of allylic oxidation sites excluding steroid dienone is 2. The van der Waals surface area contributed by atoms with Crippen LogP contribution in [0.25, 0.3) is 0 Å². The van der Waals surface area contributed by atoms with Gasteiger partial charge < -0.3 is 0 Å². The van der Waals surface area contributed by atoms with E-state index in [4.69, 9.17) is 5.26 Å². The monoisotopic (exact) mass is 135 g/mol. The van der Waals surface area contributed by atoms with Gasteiger partial charge in [-0.15, -0.1) is 0 Å². The lowest BCUT2D eigenvalue weighted by molar-refractivity contribution is 0.542. The van der Waals surface area contributed by atoms with Gasteiger partial charge in [0.1, 0.15) is 0 Å². The predicted octanol–water partition coefficient (Wildman–Crippen LogP) is 2.65. The van der Waals surface area contributed by atoms with Crippen molar-refractivity contribution < 1.29 is 0 Å². The van der Waals surface area contributed by atoms with E-state index in [1.165, 1.54) is 18.4 Å². The van der Waals surface area contributed by atoms with E-state index in [-0.39, 0.29) is 0 Å². The summed E-state index contributed by atoms with van der Waals surface area (Å²) in [6.07, 6.45) is 3.46. The Bertz CT molecular complexity index is 195. The molecular formula is C9H13N. The fourth-order valence-electron chi connectivity index (χ4n) is 1.44. The normalized spacial score (nSPS) is 26.3. The first-order chi connectivity index (χ1) is 4.75. The molecule has 10 heavy (non-hydrogen) atoms. The minimum atomic E-state index is 0.642. The second-order valence-electron chi connectivity index (χ2n) is 3.07. The second-order valence-corrected chi connectivity index (χ2v) is 3.07. The summed E-state index contributed by atoms with van der Waals surface area (Å²) >= 11 is 0. The Kier molecular flexibility index (Phi) is 2.11. The molecule has 0 spiro atoms. The van der Waals surface area contributed by atoms with Crippen LogP contribution < -0.4 is 0 Å². The minimum absolute atomic E-state index is 0.642. The molecule has 1 atom stereocenters. The summed E-state index contributed by atoms with van der Waals surface area (Å²) in [4.78, 5) is 0. The molecule has 0 radical (unpaired) electrons. The number of rotatable bonds is 0. The Hall–Kier alpha value is -0.770. The van der Waals surface area contributed by atoms with E-state index in [2.05, 4.69) is 19.9 Å². The molecule has 0 aromatic rings. The Morgan fingerprint density at radius 2 is 2.30 bits per heavy atom. The van der Waals surface area contributed by atoms with Crippen molar-refractivity contribution in [1.29, 1.82) is 5.26 Å². The van der Waals surface area contributed by atoms with Crippen molar-refractivity contribution in [3.63, 3.8) is 0 Å². The Balaban J connectivity index is 2.85. The molecule has 1 unspecified atom stereocenters. The van der Waals surface area contributed by atoms with Gasteiger partial charge in [-0.25, -0.2) is 0 Å². The van der Waals surface area contributed by atoms with E-state index in [0.717, 1.165) is 12.0 Å². The molecule has 0 aromatic heterocycles. The van der Waals surface area contributed by atoms with E-state index in [0.29, 0.717) is 5.92 Å². The number of nitriles is 1. The zero-order chi connectivity index (χ0) is 7.56.